The molecule has 666 valence electrons. The van der Waals surface area contributed by atoms with Gasteiger partial charge in [-0.25, -0.2) is 4.98 Å². The number of imidazole rings is 1. The molecule has 0 aliphatic carbocycles. The van der Waals surface area contributed by atoms with E-state index >= 15 is 0 Å². The predicted molar refractivity (Wildman–Crippen MR) is 434 cm³/mol. The third-order valence-corrected chi connectivity index (χ3v) is 19.1. The van der Waals surface area contributed by atoms with Crippen LogP contribution in [-0.2, 0) is 110 Å². The number of rotatable bonds is 55. The van der Waals surface area contributed by atoms with E-state index in [2.05, 4.69) is 63.0 Å². The third-order valence-electron chi connectivity index (χ3n) is 19.1. The number of aliphatic hydroxyl groups is 1. The molecular formula is C79H122N18O23. The van der Waals surface area contributed by atoms with E-state index in [1.807, 2.05) is 27.7 Å². The van der Waals surface area contributed by atoms with Gasteiger partial charge in [0.2, 0.25) is 59.1 Å². The Bertz CT molecular complexity index is 3880. The van der Waals surface area contributed by atoms with Gasteiger partial charge in [-0.05, 0) is 67.6 Å². The third kappa shape index (κ3) is 39.5. The summed E-state index contributed by atoms with van der Waals surface area (Å²) in [4.78, 5) is 207. The smallest absolute Gasteiger partial charge is 0.320 e. The Labute approximate surface area is 696 Å². The van der Waals surface area contributed by atoms with E-state index in [4.69, 9.17) is 35.3 Å². The number of benzene rings is 2. The molecular weight excluding hydrogens is 1570 g/mol. The summed E-state index contributed by atoms with van der Waals surface area (Å²) in [5, 5.41) is 61.6. The van der Waals surface area contributed by atoms with Crippen LogP contribution in [0.3, 0.4) is 0 Å². The number of para-hydroxylation sites is 1. The van der Waals surface area contributed by atoms with Crippen molar-refractivity contribution in [2.75, 3.05) is 138 Å². The number of carboxylic acid groups (broad SMARTS) is 3. The Kier molecular flexibility index (Phi) is 44.8. The van der Waals surface area contributed by atoms with Crippen molar-refractivity contribution in [3.8, 4) is 0 Å². The number of carbonyl (C=O) groups excluding carboxylic acids is 11. The number of aromatic nitrogens is 3. The first kappa shape index (κ1) is 99.9. The van der Waals surface area contributed by atoms with E-state index in [1.54, 1.807) is 94.2 Å². The lowest BCUT2D eigenvalue weighted by molar-refractivity contribution is -0.147. The summed E-state index contributed by atoms with van der Waals surface area (Å²) >= 11 is 0. The molecule has 10 amide bonds. The van der Waals surface area contributed by atoms with E-state index in [0.717, 1.165) is 0 Å². The summed E-state index contributed by atoms with van der Waals surface area (Å²) in [5.74, 6) is -12.5. The number of fused-ring (bicyclic) bond motifs is 1. The number of hydrogen-bond donors (Lipinski definition) is 17. The zero-order valence-electron chi connectivity index (χ0n) is 69.3. The average molecular weight is 1690 g/mol. The van der Waals surface area contributed by atoms with Crippen LogP contribution in [0.1, 0.15) is 97.4 Å². The Morgan fingerprint density at radius 1 is 0.508 bits per heavy atom. The van der Waals surface area contributed by atoms with Crippen LogP contribution >= 0.6 is 0 Å². The van der Waals surface area contributed by atoms with E-state index in [9.17, 15) is 87.5 Å². The minimum absolute atomic E-state index is 0.0105. The molecule has 5 rings (SSSR count). The molecule has 41 heteroatoms. The number of nitrogens with one attached hydrogen (secondary N) is 11. The highest BCUT2D eigenvalue weighted by Crippen LogP contribution is 2.21. The molecule has 1 aliphatic rings. The maximum atomic E-state index is 14.6. The lowest BCUT2D eigenvalue weighted by Gasteiger charge is -2.32. The van der Waals surface area contributed by atoms with Crippen LogP contribution in [0.15, 0.2) is 73.3 Å². The molecule has 0 saturated carbocycles. The standard InChI is InChI=1S/C79H122N18O23/c1-49(2)35-59(64(98)40-66(100)87-60(73(81)109)36-50(3)4)90-77(113)62(39-55-42-82-48-85-55)88-67(101)43-84-79(115)72(51(5)6)92-74(110)52(7)86-76(112)61(38-54-41-83-57-16-12-11-15-56(54)57)91-75(111)58(17-18-65(80)99)89-78(114)63(37-53-13-9-8-10-14-53)93-120-34-32-118-30-28-116-27-29-117-31-33-119-71(108)47-97-25-23-95(45-69(104)105)21-19-94(44-68(102)103)20-22-96(24-26-97)46-70(106)107/h8-16,41-42,48-52,58-64,72,83,93,98H,17-40,43-47H2,1-7H3,(H2,80,99)(H2,81,109)(H,82,85)(H,84,115)(H,86,112)(H,87,100)(H,88,101)(H,89,114)(H,90,113)(H,91,111)(H,92,110)(H,102,103)(H,104,105)(H,106,107)/t52-,58-,59-,60-,61-,62-,63+,64-,72-/m0/s1. The number of hydroxylamine groups is 1. The van der Waals surface area contributed by atoms with Crippen LogP contribution in [-0.4, -0.2) is 330 Å². The first-order chi connectivity index (χ1) is 57.1. The quantitative estimate of drug-likeness (QED) is 0.0117. The van der Waals surface area contributed by atoms with Gasteiger partial charge < -0.3 is 103 Å². The van der Waals surface area contributed by atoms with Crippen LogP contribution in [0.25, 0.3) is 10.9 Å². The largest absolute Gasteiger partial charge is 0.480 e. The van der Waals surface area contributed by atoms with Crippen molar-refractivity contribution in [1.82, 2.24) is 82.6 Å². The summed E-state index contributed by atoms with van der Waals surface area (Å²) in [6.07, 6.45) is 2.02. The predicted octanol–water partition coefficient (Wildman–Crippen LogP) is -3.34. The van der Waals surface area contributed by atoms with E-state index in [-0.39, 0.29) is 188 Å². The minimum Gasteiger partial charge on any atom is -0.480 e. The minimum atomic E-state index is -1.49. The lowest BCUT2D eigenvalue weighted by Crippen LogP contribution is -2.59. The summed E-state index contributed by atoms with van der Waals surface area (Å²) < 4.78 is 22.2. The van der Waals surface area contributed by atoms with E-state index in [0.29, 0.717) is 27.7 Å². The van der Waals surface area contributed by atoms with Gasteiger partial charge in [-0.2, -0.15) is 5.48 Å². The monoisotopic (exact) mass is 1690 g/mol. The van der Waals surface area contributed by atoms with Gasteiger partial charge >= 0.3 is 23.9 Å². The van der Waals surface area contributed by atoms with Crippen LogP contribution in [0, 0.1) is 17.8 Å². The molecule has 0 bridgehead atoms. The van der Waals surface area contributed by atoms with Crippen molar-refractivity contribution < 1.29 is 111 Å². The fourth-order valence-electron chi connectivity index (χ4n) is 12.8. The highest BCUT2D eigenvalue weighted by Gasteiger charge is 2.36. The Morgan fingerprint density at radius 3 is 1.56 bits per heavy atom. The number of H-pyrrole nitrogens is 2. The second-order valence-electron chi connectivity index (χ2n) is 30.5. The van der Waals surface area contributed by atoms with Gasteiger partial charge in [0.05, 0.1) is 104 Å². The number of carboxylic acids is 3. The molecule has 1 fully saturated rings. The SMILES string of the molecule is CC(C)C[C@H](NC(=O)C[C@H](O)[C@H](CC(C)C)NC(=O)[C@H](Cc1cnc[nH]1)NC(=O)CNC(=O)[C@@H](NC(=O)[C@H](C)NC(=O)[C@H](Cc1c[nH]c2ccccc12)NC(=O)[C@H](CCC(N)=O)NC(=O)[C@@H](Cc1ccccc1)NOCCOCCOCCOCCOC(=O)CN1CCN(CC(=O)O)CCN(CC(=O)O)CCN(CC(=O)O)CC1)C(C)C)C(N)=O. The molecule has 3 heterocycles. The van der Waals surface area contributed by atoms with Gasteiger partial charge in [0.25, 0.3) is 0 Å². The Hall–Kier alpha value is -10.6. The normalized spacial score (nSPS) is 15.7. The fourth-order valence-corrected chi connectivity index (χ4v) is 12.8. The summed E-state index contributed by atoms with van der Waals surface area (Å²) in [5.41, 5.74) is 16.3. The van der Waals surface area contributed by atoms with Crippen LogP contribution in [0.5, 0.6) is 0 Å². The van der Waals surface area contributed by atoms with Crippen molar-refractivity contribution in [1.29, 1.82) is 0 Å². The molecule has 2 aromatic heterocycles. The van der Waals surface area contributed by atoms with Crippen molar-refractivity contribution in [2.45, 2.75) is 154 Å². The summed E-state index contributed by atoms with van der Waals surface area (Å²) in [6.45, 7) is 12.6. The zero-order chi connectivity index (χ0) is 88.2. The number of aromatic amines is 2. The topological polar surface area (TPSA) is 584 Å². The molecule has 1 saturated heterocycles. The first-order valence-corrected chi connectivity index (χ1v) is 40.1. The maximum Gasteiger partial charge on any atom is 0.320 e. The number of esters is 1. The first-order valence-electron chi connectivity index (χ1n) is 40.1. The number of aliphatic carboxylic acids is 3. The van der Waals surface area contributed by atoms with Gasteiger partial charge in [0, 0.05) is 101 Å². The van der Waals surface area contributed by atoms with Gasteiger partial charge in [0.15, 0.2) is 0 Å². The Morgan fingerprint density at radius 2 is 1.02 bits per heavy atom. The number of amides is 10. The van der Waals surface area contributed by atoms with Gasteiger partial charge in [-0.15, -0.1) is 0 Å². The molecule has 9 atom stereocenters. The van der Waals surface area contributed by atoms with Crippen LogP contribution < -0.4 is 59.5 Å². The molecule has 0 spiro atoms. The molecule has 41 nitrogen and oxygen atoms in total. The fraction of sp³-hybridized carbons (Fsp3) is 0.608. The van der Waals surface area contributed by atoms with Crippen molar-refractivity contribution in [3.05, 3.63) is 90.1 Å². The zero-order valence-corrected chi connectivity index (χ0v) is 69.3. The van der Waals surface area contributed by atoms with Crippen LogP contribution in [0.4, 0.5) is 0 Å². The molecule has 2 aromatic carbocycles. The molecule has 0 unspecified atom stereocenters. The van der Waals surface area contributed by atoms with Crippen LogP contribution in [0.2, 0.25) is 0 Å². The highest BCUT2D eigenvalue weighted by atomic mass is 16.7. The number of ether oxygens (including phenoxy) is 4. The number of aliphatic hydroxyl groups excluding tert-OH is 1. The number of nitrogens with two attached hydrogens (primary N) is 2. The second-order valence-corrected chi connectivity index (χ2v) is 30.5. The molecule has 19 N–H and O–H groups in total. The van der Waals surface area contributed by atoms with Crippen molar-refractivity contribution in [2.24, 2.45) is 29.2 Å². The lowest BCUT2D eigenvalue weighted by atomic mass is 9.96. The molecule has 0 radical (unpaired) electrons. The number of primary amides is 2. The maximum absolute atomic E-state index is 14.6. The summed E-state index contributed by atoms with van der Waals surface area (Å²) in [6, 6.07) is 5.90. The highest BCUT2D eigenvalue weighted by molar-refractivity contribution is 5.98. The molecule has 1 aliphatic heterocycles. The average Bonchev–Trinajstić information content (AvgIpc) is 1.67. The number of nitrogens with zero attached hydrogens (tertiary/aromatic N) is 5. The Balaban J connectivity index is 1.14. The van der Waals surface area contributed by atoms with Crippen molar-refractivity contribution >= 4 is 93.9 Å². The van der Waals surface area contributed by atoms with Gasteiger partial charge in [-0.1, -0.05) is 90.1 Å². The van der Waals surface area contributed by atoms with Crippen molar-refractivity contribution in [3.63, 3.8) is 0 Å². The number of carbonyl (C=O) groups is 14. The van der Waals surface area contributed by atoms with Gasteiger partial charge in [0.1, 0.15) is 48.9 Å². The molecule has 4 aromatic rings. The van der Waals surface area contributed by atoms with E-state index in [1.165, 1.54) is 19.4 Å². The second kappa shape index (κ2) is 53.8. The van der Waals surface area contributed by atoms with E-state index < -0.39 is 156 Å². The summed E-state index contributed by atoms with van der Waals surface area (Å²) in [7, 11) is 0. The molecule has 120 heavy (non-hydrogen) atoms. The van der Waals surface area contributed by atoms with Gasteiger partial charge in [-0.3, -0.25) is 91.6 Å². The number of hydrogen-bond acceptors (Lipinski definition) is 26.